The molecule has 2 amide bonds. The Bertz CT molecular complexity index is 1840. The number of ether oxygens (including phenoxy) is 2. The Hall–Kier alpha value is -5.31. The van der Waals surface area contributed by atoms with Crippen LogP contribution in [-0.4, -0.2) is 38.8 Å². The molecule has 0 saturated heterocycles. The van der Waals surface area contributed by atoms with Crippen LogP contribution in [0, 0.1) is 6.92 Å². The third-order valence-electron chi connectivity index (χ3n) is 7.88. The number of amides is 2. The summed E-state index contributed by atoms with van der Waals surface area (Å²) in [5.41, 5.74) is 4.37. The lowest BCUT2D eigenvalue weighted by atomic mass is 9.92. The second-order valence-electron chi connectivity index (χ2n) is 12.5. The Kier molecular flexibility index (Phi) is 8.92. The van der Waals surface area contributed by atoms with E-state index in [4.69, 9.17) is 14.6 Å². The van der Waals surface area contributed by atoms with E-state index in [-0.39, 0.29) is 11.4 Å². The fourth-order valence-corrected chi connectivity index (χ4v) is 5.36. The Balaban J connectivity index is 1.13. The molecule has 46 heavy (non-hydrogen) atoms. The molecule has 0 unspecified atom stereocenters. The monoisotopic (exact) mass is 616 g/mol. The average molecular weight is 617 g/mol. The predicted octanol–water partition coefficient (Wildman–Crippen LogP) is 8.36. The van der Waals surface area contributed by atoms with Gasteiger partial charge in [-0.25, -0.2) is 9.48 Å². The lowest BCUT2D eigenvalue weighted by Crippen LogP contribution is -2.22. The van der Waals surface area contributed by atoms with Crippen molar-refractivity contribution < 1.29 is 14.3 Å². The highest BCUT2D eigenvalue weighted by atomic mass is 16.5. The van der Waals surface area contributed by atoms with E-state index in [0.29, 0.717) is 24.7 Å². The molecular formula is C37H40N6O3. The average Bonchev–Trinajstić information content (AvgIpc) is 3.47. The van der Waals surface area contributed by atoms with E-state index in [1.54, 1.807) is 17.1 Å². The third-order valence-corrected chi connectivity index (χ3v) is 7.88. The summed E-state index contributed by atoms with van der Waals surface area (Å²) in [7, 11) is 0. The number of fused-ring (bicyclic) bond motifs is 1. The van der Waals surface area contributed by atoms with E-state index in [2.05, 4.69) is 59.5 Å². The van der Waals surface area contributed by atoms with Crippen LogP contribution in [0.25, 0.3) is 16.5 Å². The van der Waals surface area contributed by atoms with Crippen molar-refractivity contribution in [2.45, 2.75) is 52.4 Å². The van der Waals surface area contributed by atoms with Crippen molar-refractivity contribution in [1.82, 2.24) is 19.7 Å². The third kappa shape index (κ3) is 7.31. The highest BCUT2D eigenvalue weighted by molar-refractivity contribution is 6.07. The van der Waals surface area contributed by atoms with Gasteiger partial charge in [0, 0.05) is 46.8 Å². The first kappa shape index (κ1) is 30.7. The molecule has 0 saturated carbocycles. The molecule has 2 N–H and O–H groups in total. The van der Waals surface area contributed by atoms with Gasteiger partial charge in [0.1, 0.15) is 30.2 Å². The number of aryl methyl sites for hydroxylation is 1. The zero-order valence-electron chi connectivity index (χ0n) is 26.8. The molecule has 0 radical (unpaired) electrons. The Labute approximate surface area is 269 Å². The minimum Gasteiger partial charge on any atom is -0.491 e. The van der Waals surface area contributed by atoms with Gasteiger partial charge in [0.2, 0.25) is 0 Å². The maximum Gasteiger partial charge on any atom is 0.324 e. The molecule has 2 aliphatic rings. The van der Waals surface area contributed by atoms with Crippen LogP contribution in [0.4, 0.5) is 16.3 Å². The minimum absolute atomic E-state index is 0.205. The number of pyridine rings is 1. The first-order valence-electron chi connectivity index (χ1n) is 15.6. The Morgan fingerprint density at radius 1 is 1.07 bits per heavy atom. The molecule has 1 aliphatic heterocycles. The van der Waals surface area contributed by atoms with E-state index >= 15 is 0 Å². The van der Waals surface area contributed by atoms with Gasteiger partial charge in [-0.1, -0.05) is 68.8 Å². The van der Waals surface area contributed by atoms with Crippen LogP contribution in [0.2, 0.25) is 0 Å². The summed E-state index contributed by atoms with van der Waals surface area (Å²) in [6.07, 6.45) is 16.9. The largest absolute Gasteiger partial charge is 0.491 e. The van der Waals surface area contributed by atoms with Gasteiger partial charge in [-0.15, -0.1) is 0 Å². The van der Waals surface area contributed by atoms with Crippen molar-refractivity contribution in [3.05, 3.63) is 120 Å². The number of hydrogen-bond donors (Lipinski definition) is 2. The lowest BCUT2D eigenvalue weighted by molar-refractivity contribution is 0.254. The van der Waals surface area contributed by atoms with Gasteiger partial charge < -0.3 is 19.7 Å². The fourth-order valence-electron chi connectivity index (χ4n) is 5.36. The number of carbonyl (C=O) groups excluding carboxylic acids is 1. The fraction of sp³-hybridized carbons (Fsp3) is 0.270. The number of nitrogens with one attached hydrogen (secondary N) is 2. The molecule has 6 rings (SSSR count). The van der Waals surface area contributed by atoms with Gasteiger partial charge in [-0.2, -0.15) is 5.10 Å². The van der Waals surface area contributed by atoms with E-state index in [0.717, 1.165) is 58.6 Å². The molecule has 0 atom stereocenters. The number of aromatic nitrogens is 3. The van der Waals surface area contributed by atoms with E-state index in [1.807, 2.05) is 73.9 Å². The van der Waals surface area contributed by atoms with Crippen molar-refractivity contribution in [1.29, 1.82) is 0 Å². The van der Waals surface area contributed by atoms with Gasteiger partial charge >= 0.3 is 6.03 Å². The van der Waals surface area contributed by atoms with Crippen molar-refractivity contribution in [2.24, 2.45) is 0 Å². The van der Waals surface area contributed by atoms with Crippen LogP contribution in [0.5, 0.6) is 5.75 Å². The molecule has 2 aromatic heterocycles. The minimum atomic E-state index is -0.373. The van der Waals surface area contributed by atoms with E-state index in [1.165, 1.54) is 5.57 Å². The first-order chi connectivity index (χ1) is 22.2. The van der Waals surface area contributed by atoms with E-state index in [9.17, 15) is 4.79 Å². The van der Waals surface area contributed by atoms with Crippen molar-refractivity contribution >= 4 is 28.3 Å². The zero-order valence-corrected chi connectivity index (χ0v) is 26.8. The number of rotatable bonds is 9. The van der Waals surface area contributed by atoms with Gasteiger partial charge in [0.05, 0.1) is 29.8 Å². The number of carbonyl (C=O) groups is 1. The second kappa shape index (κ2) is 13.4. The zero-order chi connectivity index (χ0) is 32.1. The first-order valence-corrected chi connectivity index (χ1v) is 15.6. The van der Waals surface area contributed by atoms with Gasteiger partial charge in [0.15, 0.2) is 0 Å². The maximum atomic E-state index is 13.4. The molecule has 0 fully saturated rings. The predicted molar refractivity (Wildman–Crippen MR) is 183 cm³/mol. The van der Waals surface area contributed by atoms with Crippen LogP contribution in [0.15, 0.2) is 109 Å². The van der Waals surface area contributed by atoms with Gasteiger partial charge in [0.25, 0.3) is 0 Å². The molecule has 4 aromatic rings. The molecular weight excluding hydrogens is 576 g/mol. The van der Waals surface area contributed by atoms with E-state index < -0.39 is 0 Å². The van der Waals surface area contributed by atoms with Crippen molar-refractivity contribution in [3.63, 3.8) is 0 Å². The summed E-state index contributed by atoms with van der Waals surface area (Å²) < 4.78 is 13.7. The Morgan fingerprint density at radius 3 is 2.67 bits per heavy atom. The molecule has 2 aromatic carbocycles. The summed E-state index contributed by atoms with van der Waals surface area (Å²) in [6, 6.07) is 17.1. The number of nitrogens with zero attached hydrogens (tertiary/aromatic N) is 4. The standard InChI is InChI=1S/C37H40N6O3/c1-26-14-15-28(24-38-26)43-35(23-34(41-43)37(2,3)4)40-36(44)39-32-16-17-33(31-13-9-8-12-30(31)32)46-21-19-42-18-20-45-29(25-42)22-27-10-6-5-7-11-27/h5-6,8-10,12-18,20,23-25H,7,11,19,21-22H2,1-4H3,(H2,39,40,44). The lowest BCUT2D eigenvalue weighted by Gasteiger charge is -2.22. The molecule has 0 bridgehead atoms. The van der Waals surface area contributed by atoms with Crippen molar-refractivity contribution in [3.8, 4) is 11.4 Å². The summed E-state index contributed by atoms with van der Waals surface area (Å²) in [5, 5.41) is 12.6. The topological polar surface area (TPSA) is 93.5 Å². The molecule has 0 spiro atoms. The van der Waals surface area contributed by atoms with Gasteiger partial charge in [-0.3, -0.25) is 10.3 Å². The highest BCUT2D eigenvalue weighted by Crippen LogP contribution is 2.32. The molecule has 9 nitrogen and oxygen atoms in total. The second-order valence-corrected chi connectivity index (χ2v) is 12.5. The number of urea groups is 1. The number of hydrogen-bond acceptors (Lipinski definition) is 6. The van der Waals surface area contributed by atoms with Crippen LogP contribution in [-0.2, 0) is 10.2 Å². The van der Waals surface area contributed by atoms with Gasteiger partial charge in [-0.05, 0) is 44.0 Å². The summed E-state index contributed by atoms with van der Waals surface area (Å²) in [4.78, 5) is 19.9. The SMILES string of the molecule is Cc1ccc(-n2nc(C(C)(C)C)cc2NC(=O)Nc2ccc(OCCN3C=COC(CC4=CC=CCC4)=C3)c3ccccc23)cn1. The summed E-state index contributed by atoms with van der Waals surface area (Å²) in [6.45, 7) is 9.35. The molecule has 3 heterocycles. The number of anilines is 2. The Morgan fingerprint density at radius 2 is 1.91 bits per heavy atom. The van der Waals surface area contributed by atoms with Crippen LogP contribution < -0.4 is 15.4 Å². The maximum absolute atomic E-state index is 13.4. The number of allylic oxidation sites excluding steroid dienone is 4. The number of benzene rings is 2. The van der Waals surface area contributed by atoms with Crippen LogP contribution in [0.3, 0.4) is 0 Å². The summed E-state index contributed by atoms with van der Waals surface area (Å²) in [5.74, 6) is 2.23. The molecule has 9 heteroatoms. The van der Waals surface area contributed by atoms with Crippen molar-refractivity contribution in [2.75, 3.05) is 23.8 Å². The molecule has 236 valence electrons. The normalized spacial score (nSPS) is 14.5. The smallest absolute Gasteiger partial charge is 0.324 e. The highest BCUT2D eigenvalue weighted by Gasteiger charge is 2.22. The summed E-state index contributed by atoms with van der Waals surface area (Å²) >= 11 is 0. The van der Waals surface area contributed by atoms with Crippen LogP contribution in [0.1, 0.15) is 51.4 Å². The molecule has 1 aliphatic carbocycles. The quantitative estimate of drug-likeness (QED) is 0.196. The van der Waals surface area contributed by atoms with Crippen LogP contribution >= 0.6 is 0 Å².